The number of nitrogens with two attached hydrogens (primary N) is 1. The Labute approximate surface area is 111 Å². The van der Waals surface area contributed by atoms with E-state index < -0.39 is 0 Å². The topological polar surface area (TPSA) is 74.2 Å². The average molecular weight is 268 g/mol. The van der Waals surface area contributed by atoms with Gasteiger partial charge >= 0.3 is 0 Å². The first-order valence-corrected chi connectivity index (χ1v) is 5.62. The number of nitrogen functional groups attached to an aromatic ring is 1. The Morgan fingerprint density at radius 3 is 2.67 bits per heavy atom. The summed E-state index contributed by atoms with van der Waals surface area (Å²) in [6, 6.07) is 7.22. The van der Waals surface area contributed by atoms with Gasteiger partial charge in [-0.15, -0.1) is 12.4 Å². The van der Waals surface area contributed by atoms with E-state index in [0.29, 0.717) is 24.0 Å². The van der Waals surface area contributed by atoms with Crippen molar-refractivity contribution in [1.29, 1.82) is 0 Å². The molecule has 2 N–H and O–H groups in total. The molecule has 1 aromatic heterocycles. The van der Waals surface area contributed by atoms with Crippen molar-refractivity contribution in [3.8, 4) is 5.75 Å². The lowest BCUT2D eigenvalue weighted by Crippen LogP contribution is -1.97. The summed E-state index contributed by atoms with van der Waals surface area (Å²) in [4.78, 5) is 4.28. The zero-order valence-electron chi connectivity index (χ0n) is 9.70. The highest BCUT2D eigenvalue weighted by molar-refractivity contribution is 5.85. The number of hydrogen-bond acceptors (Lipinski definition) is 5. The highest BCUT2D eigenvalue weighted by Crippen LogP contribution is 2.38. The third kappa shape index (κ3) is 2.92. The molecule has 3 rings (SSSR count). The molecule has 5 nitrogen and oxygen atoms in total. The minimum atomic E-state index is 0. The quantitative estimate of drug-likeness (QED) is 0.862. The molecular formula is C12H14ClN3O2. The Balaban J connectivity index is 0.00000120. The van der Waals surface area contributed by atoms with E-state index in [1.54, 1.807) is 12.1 Å². The van der Waals surface area contributed by atoms with Crippen LogP contribution in [0.2, 0.25) is 0 Å². The largest absolute Gasteiger partial charge is 0.485 e. The Bertz CT molecular complexity index is 508. The van der Waals surface area contributed by atoms with Gasteiger partial charge in [-0.1, -0.05) is 5.16 Å². The number of anilines is 1. The maximum absolute atomic E-state index is 5.58. The van der Waals surface area contributed by atoms with E-state index in [1.165, 1.54) is 0 Å². The molecule has 0 aliphatic heterocycles. The predicted octanol–water partition coefficient (Wildman–Crippen LogP) is 2.53. The molecule has 0 amide bonds. The number of halogens is 1. The SMILES string of the molecule is Cl.Nc1ccc(OCc2noc(C3CC3)n2)cc1. The van der Waals surface area contributed by atoms with Gasteiger partial charge in [0.15, 0.2) is 6.61 Å². The van der Waals surface area contributed by atoms with Crippen LogP contribution in [-0.2, 0) is 6.61 Å². The Morgan fingerprint density at radius 2 is 2.00 bits per heavy atom. The van der Waals surface area contributed by atoms with Crippen LogP contribution in [-0.4, -0.2) is 10.1 Å². The molecule has 0 radical (unpaired) electrons. The summed E-state index contributed by atoms with van der Waals surface area (Å²) in [5.74, 6) is 2.55. The van der Waals surface area contributed by atoms with Crippen LogP contribution in [0.3, 0.4) is 0 Å². The number of aromatic nitrogens is 2. The summed E-state index contributed by atoms with van der Waals surface area (Å²) in [5, 5.41) is 3.87. The molecule has 0 unspecified atom stereocenters. The van der Waals surface area contributed by atoms with Crippen molar-refractivity contribution >= 4 is 18.1 Å². The third-order valence-electron chi connectivity index (χ3n) is 2.66. The number of hydrogen-bond donors (Lipinski definition) is 1. The molecule has 0 spiro atoms. The second kappa shape index (κ2) is 5.27. The summed E-state index contributed by atoms with van der Waals surface area (Å²) < 4.78 is 10.7. The van der Waals surface area contributed by atoms with Gasteiger partial charge in [-0.3, -0.25) is 0 Å². The van der Waals surface area contributed by atoms with Crippen molar-refractivity contribution in [2.75, 3.05) is 5.73 Å². The fraction of sp³-hybridized carbons (Fsp3) is 0.333. The van der Waals surface area contributed by atoms with Crippen molar-refractivity contribution < 1.29 is 9.26 Å². The minimum absolute atomic E-state index is 0. The van der Waals surface area contributed by atoms with Crippen molar-refractivity contribution in [3.63, 3.8) is 0 Å². The number of nitrogens with zero attached hydrogens (tertiary/aromatic N) is 2. The highest BCUT2D eigenvalue weighted by Gasteiger charge is 2.29. The lowest BCUT2D eigenvalue weighted by atomic mass is 10.3. The summed E-state index contributed by atoms with van der Waals surface area (Å²) in [5.41, 5.74) is 6.30. The Morgan fingerprint density at radius 1 is 1.28 bits per heavy atom. The smallest absolute Gasteiger partial charge is 0.229 e. The van der Waals surface area contributed by atoms with Crippen LogP contribution in [0.5, 0.6) is 5.75 Å². The van der Waals surface area contributed by atoms with Crippen LogP contribution >= 0.6 is 12.4 Å². The van der Waals surface area contributed by atoms with Gasteiger partial charge in [-0.05, 0) is 37.1 Å². The molecule has 0 atom stereocenters. The first kappa shape index (κ1) is 12.7. The van der Waals surface area contributed by atoms with Crippen LogP contribution in [0.25, 0.3) is 0 Å². The predicted molar refractivity (Wildman–Crippen MR) is 68.7 cm³/mol. The fourth-order valence-electron chi connectivity index (χ4n) is 1.53. The summed E-state index contributed by atoms with van der Waals surface area (Å²) in [7, 11) is 0. The van der Waals surface area contributed by atoms with E-state index >= 15 is 0 Å². The molecule has 0 saturated heterocycles. The van der Waals surface area contributed by atoms with Gasteiger partial charge in [0.25, 0.3) is 0 Å². The monoisotopic (exact) mass is 267 g/mol. The van der Waals surface area contributed by atoms with E-state index in [4.69, 9.17) is 15.0 Å². The maximum Gasteiger partial charge on any atom is 0.229 e. The molecule has 1 fully saturated rings. The maximum atomic E-state index is 5.58. The van der Waals surface area contributed by atoms with Gasteiger partial charge in [-0.2, -0.15) is 4.98 Å². The molecule has 1 aliphatic carbocycles. The third-order valence-corrected chi connectivity index (χ3v) is 2.66. The molecule has 1 aliphatic rings. The van der Waals surface area contributed by atoms with Crippen LogP contribution in [0.15, 0.2) is 28.8 Å². The first-order chi connectivity index (χ1) is 8.31. The normalized spacial score (nSPS) is 14.0. The van der Waals surface area contributed by atoms with Gasteiger partial charge in [0, 0.05) is 11.6 Å². The molecule has 6 heteroatoms. The number of benzene rings is 1. The van der Waals surface area contributed by atoms with Crippen LogP contribution in [0.4, 0.5) is 5.69 Å². The summed E-state index contributed by atoms with van der Waals surface area (Å²) in [6.07, 6.45) is 2.31. The van der Waals surface area contributed by atoms with Gasteiger partial charge in [0.2, 0.25) is 11.7 Å². The summed E-state index contributed by atoms with van der Waals surface area (Å²) in [6.45, 7) is 0.320. The second-order valence-electron chi connectivity index (χ2n) is 4.18. The molecule has 1 aromatic carbocycles. The molecule has 1 heterocycles. The molecule has 1 saturated carbocycles. The minimum Gasteiger partial charge on any atom is -0.485 e. The zero-order valence-corrected chi connectivity index (χ0v) is 10.5. The number of ether oxygens (including phenoxy) is 1. The van der Waals surface area contributed by atoms with Crippen molar-refractivity contribution in [2.45, 2.75) is 25.4 Å². The molecule has 2 aromatic rings. The average Bonchev–Trinajstić information content (AvgIpc) is 3.09. The van der Waals surface area contributed by atoms with E-state index in [-0.39, 0.29) is 12.4 Å². The van der Waals surface area contributed by atoms with E-state index in [0.717, 1.165) is 24.5 Å². The van der Waals surface area contributed by atoms with E-state index in [1.807, 2.05) is 12.1 Å². The van der Waals surface area contributed by atoms with Crippen molar-refractivity contribution in [1.82, 2.24) is 10.1 Å². The Kier molecular flexibility index (Phi) is 3.72. The molecule has 18 heavy (non-hydrogen) atoms. The molecule has 0 bridgehead atoms. The highest BCUT2D eigenvalue weighted by atomic mass is 35.5. The van der Waals surface area contributed by atoms with Crippen molar-refractivity contribution in [3.05, 3.63) is 36.0 Å². The lowest BCUT2D eigenvalue weighted by molar-refractivity contribution is 0.285. The van der Waals surface area contributed by atoms with Gasteiger partial charge < -0.3 is 15.0 Å². The standard InChI is InChI=1S/C12H13N3O2.ClH/c13-9-3-5-10(6-4-9)16-7-11-14-12(17-15-11)8-1-2-8;/h3-6,8H,1-2,7,13H2;1H. The van der Waals surface area contributed by atoms with Crippen LogP contribution < -0.4 is 10.5 Å². The van der Waals surface area contributed by atoms with Gasteiger partial charge in [-0.25, -0.2) is 0 Å². The van der Waals surface area contributed by atoms with E-state index in [2.05, 4.69) is 10.1 Å². The van der Waals surface area contributed by atoms with Gasteiger partial charge in [0.1, 0.15) is 5.75 Å². The van der Waals surface area contributed by atoms with Crippen molar-refractivity contribution in [2.24, 2.45) is 0 Å². The molecule has 96 valence electrons. The second-order valence-corrected chi connectivity index (χ2v) is 4.18. The zero-order chi connectivity index (χ0) is 11.7. The Hall–Kier alpha value is -1.75. The molecular weight excluding hydrogens is 254 g/mol. The van der Waals surface area contributed by atoms with Crippen LogP contribution in [0, 0.1) is 0 Å². The summed E-state index contributed by atoms with van der Waals surface area (Å²) >= 11 is 0. The first-order valence-electron chi connectivity index (χ1n) is 5.62. The lowest BCUT2D eigenvalue weighted by Gasteiger charge is -2.02. The van der Waals surface area contributed by atoms with Gasteiger partial charge in [0.05, 0.1) is 0 Å². The number of rotatable bonds is 4. The fourth-order valence-corrected chi connectivity index (χ4v) is 1.53. The van der Waals surface area contributed by atoms with E-state index in [9.17, 15) is 0 Å². The van der Waals surface area contributed by atoms with Crippen LogP contribution in [0.1, 0.15) is 30.5 Å².